The van der Waals surface area contributed by atoms with Crippen LogP contribution in [0.15, 0.2) is 30.3 Å². The van der Waals surface area contributed by atoms with E-state index in [0.29, 0.717) is 10.4 Å². The monoisotopic (exact) mass is 343 g/mol. The lowest BCUT2D eigenvalue weighted by molar-refractivity contribution is -0.121. The zero-order valence-electron chi connectivity index (χ0n) is 14.3. The van der Waals surface area contributed by atoms with Crippen molar-refractivity contribution in [2.24, 2.45) is 23.2 Å². The average molecular weight is 344 g/mol. The van der Waals surface area contributed by atoms with Crippen molar-refractivity contribution < 1.29 is 4.79 Å². The van der Waals surface area contributed by atoms with E-state index in [1.807, 2.05) is 30.3 Å². The van der Waals surface area contributed by atoms with E-state index < -0.39 is 0 Å². The maximum absolute atomic E-state index is 12.4. The van der Waals surface area contributed by atoms with E-state index in [9.17, 15) is 4.79 Å². The molecule has 0 aromatic heterocycles. The second-order valence-electron chi connectivity index (χ2n) is 8.40. The van der Waals surface area contributed by atoms with Crippen LogP contribution >= 0.6 is 11.6 Å². The van der Waals surface area contributed by atoms with Crippen LogP contribution in [0.5, 0.6) is 0 Å². The summed E-state index contributed by atoms with van der Waals surface area (Å²) < 4.78 is 0. The normalized spacial score (nSPS) is 35.3. The number of nitrogens with one attached hydrogen (secondary N) is 1. The van der Waals surface area contributed by atoms with Crippen molar-refractivity contribution in [3.63, 3.8) is 0 Å². The van der Waals surface area contributed by atoms with Gasteiger partial charge in [0.25, 0.3) is 0 Å². The number of amides is 1. The van der Waals surface area contributed by atoms with Crippen LogP contribution in [0.1, 0.15) is 51.0 Å². The van der Waals surface area contributed by atoms with E-state index >= 15 is 0 Å². The lowest BCUT2D eigenvalue weighted by atomic mass is 9.48. The molecule has 1 amide bonds. The Morgan fingerprint density at radius 2 is 1.67 bits per heavy atom. The number of halogens is 1. The maximum Gasteiger partial charge on any atom is 0.244 e. The van der Waals surface area contributed by atoms with Gasteiger partial charge in [-0.1, -0.05) is 23.7 Å². The highest BCUT2D eigenvalue weighted by Gasteiger charge is 2.53. The first-order chi connectivity index (χ1) is 11.5. The van der Waals surface area contributed by atoms with Gasteiger partial charge in [0.1, 0.15) is 0 Å². The quantitative estimate of drug-likeness (QED) is 0.759. The molecule has 0 saturated heterocycles. The molecular weight excluding hydrogens is 318 g/mol. The Labute approximate surface area is 149 Å². The Bertz CT molecular complexity index is 613. The van der Waals surface area contributed by atoms with Crippen LogP contribution in [0.4, 0.5) is 0 Å². The zero-order valence-corrected chi connectivity index (χ0v) is 15.1. The van der Waals surface area contributed by atoms with Gasteiger partial charge in [-0.25, -0.2) is 0 Å². The first-order valence-corrected chi connectivity index (χ1v) is 9.64. The van der Waals surface area contributed by atoms with Crippen LogP contribution in [0.3, 0.4) is 0 Å². The smallest absolute Gasteiger partial charge is 0.244 e. The van der Waals surface area contributed by atoms with Crippen LogP contribution < -0.4 is 5.32 Å². The van der Waals surface area contributed by atoms with Crippen molar-refractivity contribution in [3.8, 4) is 0 Å². The molecule has 1 aromatic carbocycles. The van der Waals surface area contributed by atoms with E-state index in [4.69, 9.17) is 11.6 Å². The predicted molar refractivity (Wildman–Crippen MR) is 98.7 cm³/mol. The summed E-state index contributed by atoms with van der Waals surface area (Å²) in [5, 5.41) is 3.98. The molecule has 4 bridgehead atoms. The van der Waals surface area contributed by atoms with Gasteiger partial charge in [-0.3, -0.25) is 4.79 Å². The molecule has 24 heavy (non-hydrogen) atoms. The number of carbonyl (C=O) groups excluding carboxylic acids is 1. The number of hydrogen-bond donors (Lipinski definition) is 1. The number of benzene rings is 1. The molecule has 128 valence electrons. The van der Waals surface area contributed by atoms with Gasteiger partial charge in [0.05, 0.1) is 0 Å². The number of hydrogen-bond acceptors (Lipinski definition) is 1. The summed E-state index contributed by atoms with van der Waals surface area (Å²) in [7, 11) is 0. The summed E-state index contributed by atoms with van der Waals surface area (Å²) in [5.41, 5.74) is 1.36. The largest absolute Gasteiger partial charge is 0.350 e. The molecule has 0 radical (unpaired) electrons. The first-order valence-electron chi connectivity index (χ1n) is 9.26. The van der Waals surface area contributed by atoms with Crippen LogP contribution in [-0.4, -0.2) is 11.9 Å². The van der Waals surface area contributed by atoms with E-state index in [-0.39, 0.29) is 11.9 Å². The van der Waals surface area contributed by atoms with Gasteiger partial charge in [-0.15, -0.1) is 0 Å². The lowest BCUT2D eigenvalue weighted by Crippen LogP contribution is -2.55. The SMILES string of the molecule is CC(NC(=O)C=Cc1ccc(Cl)cc1)C12CC3CC(CC(C3)C1)C2. The molecule has 5 rings (SSSR count). The van der Waals surface area contributed by atoms with Crippen molar-refractivity contribution in [2.45, 2.75) is 51.5 Å². The summed E-state index contributed by atoms with van der Waals surface area (Å²) in [5.74, 6) is 2.77. The van der Waals surface area contributed by atoms with E-state index in [2.05, 4.69) is 12.2 Å². The standard InChI is InChI=1S/C21H26ClNO/c1-14(21-11-16-8-17(12-21)10-18(9-16)13-21)23-20(24)7-4-15-2-5-19(22)6-3-15/h2-7,14,16-18H,8-13H2,1H3,(H,23,24). The molecule has 4 saturated carbocycles. The minimum absolute atomic E-state index is 0.0215. The molecule has 4 aliphatic rings. The maximum atomic E-state index is 12.4. The predicted octanol–water partition coefficient (Wildman–Crippen LogP) is 5.07. The minimum Gasteiger partial charge on any atom is -0.350 e. The summed E-state index contributed by atoms with van der Waals surface area (Å²) in [4.78, 5) is 12.4. The highest BCUT2D eigenvalue weighted by Crippen LogP contribution is 2.61. The molecule has 0 spiro atoms. The summed E-state index contributed by atoms with van der Waals surface area (Å²) >= 11 is 5.89. The summed E-state index contributed by atoms with van der Waals surface area (Å²) in [6, 6.07) is 7.81. The molecule has 2 nitrogen and oxygen atoms in total. The molecule has 4 fully saturated rings. The fourth-order valence-electron chi connectivity index (χ4n) is 5.87. The fourth-order valence-corrected chi connectivity index (χ4v) is 5.99. The van der Waals surface area contributed by atoms with Crippen molar-refractivity contribution in [2.75, 3.05) is 0 Å². The van der Waals surface area contributed by atoms with Gasteiger partial charge >= 0.3 is 0 Å². The Kier molecular flexibility index (Phi) is 4.20. The topological polar surface area (TPSA) is 29.1 Å². The van der Waals surface area contributed by atoms with Crippen LogP contribution in [0, 0.1) is 23.2 Å². The first kappa shape index (κ1) is 16.2. The Balaban J connectivity index is 1.39. The summed E-state index contributed by atoms with van der Waals surface area (Å²) in [6.07, 6.45) is 11.8. The van der Waals surface area contributed by atoms with Crippen molar-refractivity contribution in [3.05, 3.63) is 40.9 Å². The molecule has 0 aliphatic heterocycles. The molecule has 0 heterocycles. The van der Waals surface area contributed by atoms with Crippen molar-refractivity contribution >= 4 is 23.6 Å². The fraction of sp³-hybridized carbons (Fsp3) is 0.571. The molecule has 1 N–H and O–H groups in total. The zero-order chi connectivity index (χ0) is 16.7. The van der Waals surface area contributed by atoms with Crippen LogP contribution in [0.25, 0.3) is 6.08 Å². The van der Waals surface area contributed by atoms with E-state index in [1.165, 1.54) is 38.5 Å². The van der Waals surface area contributed by atoms with E-state index in [0.717, 1.165) is 23.3 Å². The average Bonchev–Trinajstić information content (AvgIpc) is 2.53. The molecule has 4 aliphatic carbocycles. The van der Waals surface area contributed by atoms with Gasteiger partial charge in [0.2, 0.25) is 5.91 Å². The van der Waals surface area contributed by atoms with Gasteiger partial charge in [0.15, 0.2) is 0 Å². The molecule has 3 heteroatoms. The van der Waals surface area contributed by atoms with Gasteiger partial charge < -0.3 is 5.32 Å². The van der Waals surface area contributed by atoms with Gasteiger partial charge in [-0.2, -0.15) is 0 Å². The van der Waals surface area contributed by atoms with Gasteiger partial charge in [0, 0.05) is 17.1 Å². The Hall–Kier alpha value is -1.28. The second kappa shape index (κ2) is 6.22. The van der Waals surface area contributed by atoms with Gasteiger partial charge in [-0.05, 0) is 92.4 Å². The number of carbonyl (C=O) groups is 1. The third-order valence-electron chi connectivity index (χ3n) is 6.66. The third-order valence-corrected chi connectivity index (χ3v) is 6.91. The highest BCUT2D eigenvalue weighted by molar-refractivity contribution is 6.30. The Morgan fingerprint density at radius 3 is 2.21 bits per heavy atom. The van der Waals surface area contributed by atoms with Crippen molar-refractivity contribution in [1.29, 1.82) is 0 Å². The second-order valence-corrected chi connectivity index (χ2v) is 8.83. The molecule has 1 unspecified atom stereocenters. The highest BCUT2D eigenvalue weighted by atomic mass is 35.5. The third kappa shape index (κ3) is 3.13. The van der Waals surface area contributed by atoms with Crippen LogP contribution in [0.2, 0.25) is 5.02 Å². The minimum atomic E-state index is 0.0215. The lowest BCUT2D eigenvalue weighted by Gasteiger charge is -2.59. The summed E-state index contributed by atoms with van der Waals surface area (Å²) in [6.45, 7) is 2.22. The van der Waals surface area contributed by atoms with Crippen LogP contribution in [-0.2, 0) is 4.79 Å². The van der Waals surface area contributed by atoms with Crippen molar-refractivity contribution in [1.82, 2.24) is 5.32 Å². The Morgan fingerprint density at radius 1 is 1.12 bits per heavy atom. The van der Waals surface area contributed by atoms with E-state index in [1.54, 1.807) is 6.08 Å². The molecule has 1 aromatic rings. The number of rotatable bonds is 4. The molecular formula is C21H26ClNO. The molecule has 1 atom stereocenters.